The first-order chi connectivity index (χ1) is 10.2. The molecule has 0 saturated heterocycles. The average molecular weight is 288 g/mol. The SMILES string of the molecule is CCC1(CNC(=O)C2CNc3ccccc3O2)CCCC1. The van der Waals surface area contributed by atoms with Gasteiger partial charge < -0.3 is 15.4 Å². The molecule has 0 radical (unpaired) electrons. The molecule has 1 aromatic carbocycles. The minimum Gasteiger partial charge on any atom is -0.477 e. The second-order valence-corrected chi connectivity index (χ2v) is 6.26. The Bertz CT molecular complexity index is 509. The van der Waals surface area contributed by atoms with Crippen molar-refractivity contribution in [2.75, 3.05) is 18.4 Å². The largest absolute Gasteiger partial charge is 0.477 e. The molecule has 21 heavy (non-hydrogen) atoms. The first kappa shape index (κ1) is 14.2. The number of fused-ring (bicyclic) bond motifs is 1. The fraction of sp³-hybridized carbons (Fsp3) is 0.588. The lowest BCUT2D eigenvalue weighted by Crippen LogP contribution is -2.47. The molecule has 1 aromatic rings. The highest BCUT2D eigenvalue weighted by molar-refractivity contribution is 5.83. The Morgan fingerprint density at radius 3 is 2.90 bits per heavy atom. The third-order valence-corrected chi connectivity index (χ3v) is 4.98. The van der Waals surface area contributed by atoms with Crippen molar-refractivity contribution in [1.29, 1.82) is 0 Å². The number of hydrogen-bond acceptors (Lipinski definition) is 3. The maximum absolute atomic E-state index is 12.3. The van der Waals surface area contributed by atoms with E-state index in [4.69, 9.17) is 4.74 Å². The second kappa shape index (κ2) is 5.96. The van der Waals surface area contributed by atoms with Gasteiger partial charge in [0.05, 0.1) is 12.2 Å². The number of para-hydroxylation sites is 2. The minimum atomic E-state index is -0.435. The lowest BCUT2D eigenvalue weighted by molar-refractivity contribution is -0.128. The Morgan fingerprint density at radius 1 is 1.38 bits per heavy atom. The third-order valence-electron chi connectivity index (χ3n) is 4.98. The molecule has 4 heteroatoms. The van der Waals surface area contributed by atoms with E-state index in [9.17, 15) is 4.79 Å². The number of carbonyl (C=O) groups excluding carboxylic acids is 1. The smallest absolute Gasteiger partial charge is 0.262 e. The molecule has 1 aliphatic heterocycles. The van der Waals surface area contributed by atoms with E-state index in [2.05, 4.69) is 17.6 Å². The van der Waals surface area contributed by atoms with Gasteiger partial charge in [-0.05, 0) is 36.8 Å². The highest BCUT2D eigenvalue weighted by Crippen LogP contribution is 2.40. The van der Waals surface area contributed by atoms with E-state index < -0.39 is 6.10 Å². The molecule has 0 aromatic heterocycles. The van der Waals surface area contributed by atoms with Crippen molar-refractivity contribution >= 4 is 11.6 Å². The van der Waals surface area contributed by atoms with Crippen LogP contribution in [0.5, 0.6) is 5.75 Å². The molecule has 1 fully saturated rings. The van der Waals surface area contributed by atoms with Gasteiger partial charge in [-0.2, -0.15) is 0 Å². The highest BCUT2D eigenvalue weighted by Gasteiger charge is 2.33. The van der Waals surface area contributed by atoms with Crippen molar-refractivity contribution in [1.82, 2.24) is 5.32 Å². The Hall–Kier alpha value is -1.71. The van der Waals surface area contributed by atoms with Crippen LogP contribution in [0.4, 0.5) is 5.69 Å². The van der Waals surface area contributed by atoms with Crippen molar-refractivity contribution < 1.29 is 9.53 Å². The summed E-state index contributed by atoms with van der Waals surface area (Å²) in [6.07, 6.45) is 5.75. The molecule has 1 unspecified atom stereocenters. The van der Waals surface area contributed by atoms with Crippen LogP contribution < -0.4 is 15.4 Å². The van der Waals surface area contributed by atoms with Gasteiger partial charge in [0.2, 0.25) is 0 Å². The monoisotopic (exact) mass is 288 g/mol. The van der Waals surface area contributed by atoms with Gasteiger partial charge in [0, 0.05) is 6.54 Å². The number of hydrogen-bond donors (Lipinski definition) is 2. The molecule has 2 N–H and O–H groups in total. The summed E-state index contributed by atoms with van der Waals surface area (Å²) in [5, 5.41) is 6.37. The van der Waals surface area contributed by atoms with E-state index in [0.717, 1.165) is 24.4 Å². The second-order valence-electron chi connectivity index (χ2n) is 6.26. The third kappa shape index (κ3) is 2.99. The lowest BCUT2D eigenvalue weighted by Gasteiger charge is -2.30. The molecule has 2 aliphatic rings. The topological polar surface area (TPSA) is 50.4 Å². The summed E-state index contributed by atoms with van der Waals surface area (Å²) in [4.78, 5) is 12.3. The maximum Gasteiger partial charge on any atom is 0.262 e. The van der Waals surface area contributed by atoms with E-state index >= 15 is 0 Å². The summed E-state index contributed by atoms with van der Waals surface area (Å²) in [5.74, 6) is 0.756. The van der Waals surface area contributed by atoms with Gasteiger partial charge in [-0.1, -0.05) is 31.9 Å². The fourth-order valence-electron chi connectivity index (χ4n) is 3.43. The number of ether oxygens (including phenoxy) is 1. The van der Waals surface area contributed by atoms with Gasteiger partial charge in [0.25, 0.3) is 5.91 Å². The van der Waals surface area contributed by atoms with Gasteiger partial charge in [-0.25, -0.2) is 0 Å². The van der Waals surface area contributed by atoms with Crippen LogP contribution in [-0.4, -0.2) is 25.1 Å². The molecule has 0 bridgehead atoms. The highest BCUT2D eigenvalue weighted by atomic mass is 16.5. The van der Waals surface area contributed by atoms with Crippen LogP contribution in [0.1, 0.15) is 39.0 Å². The Morgan fingerprint density at radius 2 is 2.14 bits per heavy atom. The predicted octanol–water partition coefficient (Wildman–Crippen LogP) is 2.95. The fourth-order valence-corrected chi connectivity index (χ4v) is 3.43. The van der Waals surface area contributed by atoms with Gasteiger partial charge in [-0.15, -0.1) is 0 Å². The summed E-state index contributed by atoms with van der Waals surface area (Å²) in [6.45, 7) is 3.54. The van der Waals surface area contributed by atoms with Gasteiger partial charge >= 0.3 is 0 Å². The van der Waals surface area contributed by atoms with E-state index in [0.29, 0.717) is 12.0 Å². The summed E-state index contributed by atoms with van der Waals surface area (Å²) in [7, 11) is 0. The molecule has 0 spiro atoms. The Kier molecular flexibility index (Phi) is 4.04. The molecule has 1 atom stereocenters. The van der Waals surface area contributed by atoms with Crippen LogP contribution in [0.2, 0.25) is 0 Å². The lowest BCUT2D eigenvalue weighted by atomic mass is 9.83. The van der Waals surface area contributed by atoms with E-state index in [1.807, 2.05) is 24.3 Å². The summed E-state index contributed by atoms with van der Waals surface area (Å²) >= 11 is 0. The number of benzene rings is 1. The van der Waals surface area contributed by atoms with Crippen LogP contribution in [0.15, 0.2) is 24.3 Å². The van der Waals surface area contributed by atoms with Crippen LogP contribution in [0.25, 0.3) is 0 Å². The molecule has 4 nitrogen and oxygen atoms in total. The normalized spacial score (nSPS) is 22.8. The molecule has 1 aliphatic carbocycles. The number of carbonyl (C=O) groups is 1. The molecule has 1 saturated carbocycles. The maximum atomic E-state index is 12.3. The molecule has 3 rings (SSSR count). The van der Waals surface area contributed by atoms with Crippen LogP contribution in [0.3, 0.4) is 0 Å². The zero-order chi connectivity index (χ0) is 14.7. The molecular weight excluding hydrogens is 264 g/mol. The standard InChI is InChI=1S/C17H24N2O2/c1-2-17(9-5-6-10-17)12-19-16(20)15-11-18-13-7-3-4-8-14(13)21-15/h3-4,7-8,15,18H,2,5-6,9-12H2,1H3,(H,19,20). The Balaban J connectivity index is 1.57. The van der Waals surface area contributed by atoms with Gasteiger partial charge in [0.1, 0.15) is 5.75 Å². The van der Waals surface area contributed by atoms with Gasteiger partial charge in [-0.3, -0.25) is 4.79 Å². The van der Waals surface area contributed by atoms with Crippen molar-refractivity contribution in [2.24, 2.45) is 5.41 Å². The van der Waals surface area contributed by atoms with Crippen LogP contribution in [0, 0.1) is 5.41 Å². The molecule has 1 heterocycles. The summed E-state index contributed by atoms with van der Waals surface area (Å²) in [5.41, 5.74) is 1.28. The predicted molar refractivity (Wildman–Crippen MR) is 83.5 cm³/mol. The van der Waals surface area contributed by atoms with Crippen molar-refractivity contribution in [3.05, 3.63) is 24.3 Å². The van der Waals surface area contributed by atoms with Crippen LogP contribution >= 0.6 is 0 Å². The van der Waals surface area contributed by atoms with E-state index in [-0.39, 0.29) is 5.91 Å². The van der Waals surface area contributed by atoms with Gasteiger partial charge in [0.15, 0.2) is 6.10 Å². The first-order valence-corrected chi connectivity index (χ1v) is 8.00. The number of rotatable bonds is 4. The quantitative estimate of drug-likeness (QED) is 0.895. The molecular formula is C17H24N2O2. The molecule has 1 amide bonds. The number of anilines is 1. The number of amides is 1. The zero-order valence-electron chi connectivity index (χ0n) is 12.7. The summed E-state index contributed by atoms with van der Waals surface area (Å²) in [6, 6.07) is 7.74. The van der Waals surface area contributed by atoms with Crippen LogP contribution in [-0.2, 0) is 4.79 Å². The number of nitrogens with one attached hydrogen (secondary N) is 2. The molecule has 114 valence electrons. The first-order valence-electron chi connectivity index (χ1n) is 8.00. The average Bonchev–Trinajstić information content (AvgIpc) is 3.01. The van der Waals surface area contributed by atoms with E-state index in [1.54, 1.807) is 0 Å². The van der Waals surface area contributed by atoms with Crippen molar-refractivity contribution in [3.63, 3.8) is 0 Å². The summed E-state index contributed by atoms with van der Waals surface area (Å²) < 4.78 is 5.80. The van der Waals surface area contributed by atoms with Crippen molar-refractivity contribution in [2.45, 2.75) is 45.1 Å². The van der Waals surface area contributed by atoms with E-state index in [1.165, 1.54) is 25.7 Å². The minimum absolute atomic E-state index is 0.00303. The zero-order valence-corrected chi connectivity index (χ0v) is 12.7. The Labute approximate surface area is 126 Å². The van der Waals surface area contributed by atoms with Crippen molar-refractivity contribution in [3.8, 4) is 5.75 Å².